The number of hydrogen-bond donors (Lipinski definition) is 1. The molecule has 0 atom stereocenters. The molecule has 5 rings (SSSR count). The second-order valence-electron chi connectivity index (χ2n) is 7.75. The monoisotopic (exact) mass is 399 g/mol. The van der Waals surface area contributed by atoms with Crippen LogP contribution >= 0.6 is 0 Å². The van der Waals surface area contributed by atoms with Gasteiger partial charge in [0.25, 0.3) is 5.91 Å². The third kappa shape index (κ3) is 3.30. The fourth-order valence-electron chi connectivity index (χ4n) is 4.20. The number of carbonyl (C=O) groups excluding carboxylic acids is 3. The summed E-state index contributed by atoms with van der Waals surface area (Å²) in [5, 5.41) is 4.23. The van der Waals surface area contributed by atoms with Crippen LogP contribution in [0.15, 0.2) is 60.7 Å². The molecule has 0 radical (unpaired) electrons. The van der Waals surface area contributed by atoms with Gasteiger partial charge in [-0.2, -0.15) is 0 Å². The lowest BCUT2D eigenvalue weighted by Gasteiger charge is -2.29. The van der Waals surface area contributed by atoms with Crippen molar-refractivity contribution in [2.24, 2.45) is 0 Å². The maximum absolute atomic E-state index is 13.1. The van der Waals surface area contributed by atoms with Crippen LogP contribution < -0.4 is 10.2 Å². The average molecular weight is 399 g/mol. The van der Waals surface area contributed by atoms with E-state index in [-0.39, 0.29) is 18.2 Å². The Morgan fingerprint density at radius 3 is 2.47 bits per heavy atom. The zero-order chi connectivity index (χ0) is 20.7. The van der Waals surface area contributed by atoms with E-state index in [9.17, 15) is 14.4 Å². The first kappa shape index (κ1) is 18.4. The zero-order valence-corrected chi connectivity index (χ0v) is 16.4. The van der Waals surface area contributed by atoms with Gasteiger partial charge in [0.2, 0.25) is 5.91 Å². The van der Waals surface area contributed by atoms with Gasteiger partial charge < -0.3 is 4.90 Å². The Hall–Kier alpha value is -3.67. The lowest BCUT2D eigenvalue weighted by atomic mass is 9.99. The van der Waals surface area contributed by atoms with E-state index in [0.717, 1.165) is 17.2 Å². The topological polar surface area (TPSA) is 69.7 Å². The maximum Gasteiger partial charge on any atom is 0.328 e. The third-order valence-corrected chi connectivity index (χ3v) is 5.85. The minimum absolute atomic E-state index is 0.0121. The van der Waals surface area contributed by atoms with Gasteiger partial charge in [0.1, 0.15) is 0 Å². The van der Waals surface area contributed by atoms with Crippen LogP contribution in [0.1, 0.15) is 27.9 Å². The first-order valence-electron chi connectivity index (χ1n) is 10.1. The molecule has 2 aliphatic rings. The number of nitrogens with one attached hydrogen (secondary N) is 1. The Balaban J connectivity index is 1.42. The van der Waals surface area contributed by atoms with Crippen LogP contribution in [0.2, 0.25) is 0 Å². The molecule has 0 bridgehead atoms. The molecule has 1 saturated heterocycles. The summed E-state index contributed by atoms with van der Waals surface area (Å²) in [6, 6.07) is 19.2. The van der Waals surface area contributed by atoms with E-state index in [4.69, 9.17) is 0 Å². The molecular formula is C24H21N3O3. The van der Waals surface area contributed by atoms with Crippen molar-refractivity contribution in [1.82, 2.24) is 10.2 Å². The minimum atomic E-state index is -0.412. The van der Waals surface area contributed by atoms with Crippen LogP contribution in [0.4, 0.5) is 10.5 Å². The molecule has 30 heavy (non-hydrogen) atoms. The summed E-state index contributed by atoms with van der Waals surface area (Å²) in [6.07, 6.45) is 1.14. The number of benzene rings is 3. The number of amides is 4. The second-order valence-corrected chi connectivity index (χ2v) is 7.75. The summed E-state index contributed by atoms with van der Waals surface area (Å²) in [7, 11) is 0. The maximum atomic E-state index is 13.1. The van der Waals surface area contributed by atoms with E-state index in [1.165, 1.54) is 11.1 Å². The number of anilines is 1. The number of hydrogen-bond acceptors (Lipinski definition) is 3. The quantitative estimate of drug-likeness (QED) is 0.717. The summed E-state index contributed by atoms with van der Waals surface area (Å²) in [4.78, 5) is 40.1. The molecule has 0 aliphatic carbocycles. The average Bonchev–Trinajstić information content (AvgIpc) is 2.77. The Morgan fingerprint density at radius 2 is 1.63 bits per heavy atom. The number of fused-ring (bicyclic) bond motifs is 2. The van der Waals surface area contributed by atoms with Gasteiger partial charge in [-0.1, -0.05) is 36.4 Å². The molecule has 6 nitrogen and oxygen atoms in total. The van der Waals surface area contributed by atoms with Crippen molar-refractivity contribution in [3.05, 3.63) is 77.4 Å². The van der Waals surface area contributed by atoms with Crippen LogP contribution in [0.25, 0.3) is 10.8 Å². The van der Waals surface area contributed by atoms with E-state index in [2.05, 4.69) is 17.4 Å². The van der Waals surface area contributed by atoms with Crippen LogP contribution in [0.5, 0.6) is 0 Å². The van der Waals surface area contributed by atoms with E-state index in [1.807, 2.05) is 53.4 Å². The van der Waals surface area contributed by atoms with Crippen molar-refractivity contribution in [3.63, 3.8) is 0 Å². The highest BCUT2D eigenvalue weighted by atomic mass is 16.2. The van der Waals surface area contributed by atoms with E-state index < -0.39 is 6.03 Å². The summed E-state index contributed by atoms with van der Waals surface area (Å²) >= 11 is 0. The molecule has 0 unspecified atom stereocenters. The molecule has 3 aromatic rings. The van der Waals surface area contributed by atoms with Gasteiger partial charge in [-0.15, -0.1) is 0 Å². The highest BCUT2D eigenvalue weighted by molar-refractivity contribution is 6.06. The third-order valence-electron chi connectivity index (χ3n) is 5.85. The molecule has 1 N–H and O–H groups in total. The molecule has 4 amide bonds. The van der Waals surface area contributed by atoms with Gasteiger partial charge in [0.05, 0.1) is 0 Å². The van der Waals surface area contributed by atoms with Gasteiger partial charge in [-0.25, -0.2) is 4.79 Å². The molecule has 150 valence electrons. The summed E-state index contributed by atoms with van der Waals surface area (Å²) in [6.45, 7) is 1.67. The van der Waals surface area contributed by atoms with E-state index >= 15 is 0 Å². The van der Waals surface area contributed by atoms with Crippen molar-refractivity contribution >= 4 is 34.3 Å². The van der Waals surface area contributed by atoms with E-state index in [1.54, 1.807) is 4.90 Å². The van der Waals surface area contributed by atoms with Crippen molar-refractivity contribution in [2.75, 3.05) is 18.0 Å². The summed E-state index contributed by atoms with van der Waals surface area (Å²) < 4.78 is 0. The van der Waals surface area contributed by atoms with Crippen LogP contribution in [-0.2, 0) is 17.8 Å². The predicted molar refractivity (Wildman–Crippen MR) is 114 cm³/mol. The highest BCUT2D eigenvalue weighted by Crippen LogP contribution is 2.26. The number of carbonyl (C=O) groups is 3. The first-order chi connectivity index (χ1) is 14.6. The predicted octanol–water partition coefficient (Wildman–Crippen LogP) is 3.48. The Morgan fingerprint density at radius 1 is 0.833 bits per heavy atom. The van der Waals surface area contributed by atoms with Gasteiger partial charge >= 0.3 is 6.03 Å². The SMILES string of the molecule is O=C1CCN(c2ccc3ccc(C(=O)N4CCc5ccccc5C4)cc3c2)C(=O)N1. The summed E-state index contributed by atoms with van der Waals surface area (Å²) in [5.74, 6) is -0.244. The molecule has 0 saturated carbocycles. The summed E-state index contributed by atoms with van der Waals surface area (Å²) in [5.41, 5.74) is 3.86. The zero-order valence-electron chi connectivity index (χ0n) is 16.4. The minimum Gasteiger partial charge on any atom is -0.334 e. The lowest BCUT2D eigenvalue weighted by molar-refractivity contribution is -0.120. The molecule has 6 heteroatoms. The Kier molecular flexibility index (Phi) is 4.47. The second kappa shape index (κ2) is 7.30. The highest BCUT2D eigenvalue weighted by Gasteiger charge is 2.25. The normalized spacial score (nSPS) is 16.4. The van der Waals surface area contributed by atoms with Gasteiger partial charge in [-0.05, 0) is 52.6 Å². The van der Waals surface area contributed by atoms with Crippen LogP contribution in [-0.4, -0.2) is 35.8 Å². The number of imide groups is 1. The molecular weight excluding hydrogens is 378 g/mol. The van der Waals surface area contributed by atoms with Gasteiger partial charge in [-0.3, -0.25) is 19.8 Å². The van der Waals surface area contributed by atoms with Crippen molar-refractivity contribution in [1.29, 1.82) is 0 Å². The molecule has 0 aromatic heterocycles. The molecule has 2 aliphatic heterocycles. The van der Waals surface area contributed by atoms with Crippen molar-refractivity contribution < 1.29 is 14.4 Å². The lowest BCUT2D eigenvalue weighted by Crippen LogP contribution is -2.49. The fourth-order valence-corrected chi connectivity index (χ4v) is 4.20. The Bertz CT molecular complexity index is 1190. The smallest absolute Gasteiger partial charge is 0.328 e. The van der Waals surface area contributed by atoms with Crippen LogP contribution in [0, 0.1) is 0 Å². The van der Waals surface area contributed by atoms with Crippen molar-refractivity contribution in [2.45, 2.75) is 19.4 Å². The largest absolute Gasteiger partial charge is 0.334 e. The standard InChI is InChI=1S/C24H21N3O3/c28-22-10-12-27(24(30)25-22)21-8-7-17-5-6-18(13-20(17)14-21)23(29)26-11-9-16-3-1-2-4-19(16)15-26/h1-8,13-14H,9-12,15H2,(H,25,28,30). The number of urea groups is 1. The van der Waals surface area contributed by atoms with E-state index in [0.29, 0.717) is 30.9 Å². The van der Waals surface area contributed by atoms with Gasteiger partial charge in [0.15, 0.2) is 0 Å². The van der Waals surface area contributed by atoms with Gasteiger partial charge in [0, 0.05) is 37.3 Å². The number of rotatable bonds is 2. The fraction of sp³-hybridized carbons (Fsp3) is 0.208. The Labute approximate surface area is 174 Å². The number of nitrogens with zero attached hydrogens (tertiary/aromatic N) is 2. The first-order valence-corrected chi connectivity index (χ1v) is 10.1. The van der Waals surface area contributed by atoms with Crippen LogP contribution in [0.3, 0.4) is 0 Å². The van der Waals surface area contributed by atoms with Crippen molar-refractivity contribution in [3.8, 4) is 0 Å². The molecule has 2 heterocycles. The molecule has 0 spiro atoms. The molecule has 1 fully saturated rings. The molecule has 3 aromatic carbocycles.